The molecule has 4 N–H and O–H groups in total. The Morgan fingerprint density at radius 3 is 1.53 bits per heavy atom. The van der Waals surface area contributed by atoms with E-state index in [1.807, 2.05) is 64.1 Å². The van der Waals surface area contributed by atoms with Crippen molar-refractivity contribution in [2.24, 2.45) is 11.8 Å². The van der Waals surface area contributed by atoms with E-state index in [-0.39, 0.29) is 52.7 Å². The van der Waals surface area contributed by atoms with E-state index in [1.165, 1.54) is 26.4 Å². The van der Waals surface area contributed by atoms with Crippen molar-refractivity contribution in [3.05, 3.63) is 83.2 Å². The fourth-order valence-electron chi connectivity index (χ4n) is 9.99. The lowest BCUT2D eigenvalue weighted by molar-refractivity contribution is -0.136. The number of rotatable bonds is 12. The number of nitrogens with one attached hydrogen (secondary N) is 4. The lowest BCUT2D eigenvalue weighted by Crippen LogP contribution is -2.51. The van der Waals surface area contributed by atoms with Crippen LogP contribution in [0.3, 0.4) is 0 Å². The molecule has 0 spiro atoms. The summed E-state index contributed by atoms with van der Waals surface area (Å²) in [5, 5.41) is 5.39. The number of nitrogens with zero attached hydrogens (tertiary/aromatic N) is 5. The van der Waals surface area contributed by atoms with Gasteiger partial charge in [0.25, 0.3) is 0 Å². The van der Waals surface area contributed by atoms with E-state index in [0.29, 0.717) is 67.1 Å². The van der Waals surface area contributed by atoms with Gasteiger partial charge in [0.05, 0.1) is 60.5 Å². The zero-order chi connectivity index (χ0) is 47.2. The summed E-state index contributed by atoms with van der Waals surface area (Å²) in [5.41, 5.74) is 5.36. The van der Waals surface area contributed by atoms with Crippen molar-refractivity contribution in [2.75, 3.05) is 38.5 Å². The zero-order valence-corrected chi connectivity index (χ0v) is 39.1. The fraction of sp³-hybridized carbons (Fsp3) is 0.489. The van der Waals surface area contributed by atoms with Gasteiger partial charge in [0.15, 0.2) is 9.84 Å². The Bertz CT molecular complexity index is 2630. The van der Waals surface area contributed by atoms with Gasteiger partial charge in [0, 0.05) is 25.0 Å². The Kier molecular flexibility index (Phi) is 13.0. The Hall–Kier alpha value is -6.24. The third kappa shape index (κ3) is 9.00. The number of alkyl carbamates (subject to hydrolysis) is 2. The number of halogens is 1. The lowest BCUT2D eigenvalue weighted by atomic mass is 10.0. The molecule has 4 amide bonds. The highest BCUT2D eigenvalue weighted by atomic mass is 32.2. The number of sulfone groups is 1. The maximum atomic E-state index is 15.8. The van der Waals surface area contributed by atoms with Crippen molar-refractivity contribution < 1.29 is 41.5 Å². The second-order valence-corrected chi connectivity index (χ2v) is 20.3. The van der Waals surface area contributed by atoms with Gasteiger partial charge in [-0.3, -0.25) is 9.59 Å². The first-order valence-corrected chi connectivity index (χ1v) is 24.4. The van der Waals surface area contributed by atoms with Gasteiger partial charge in [0.1, 0.15) is 34.4 Å². The van der Waals surface area contributed by atoms with E-state index in [4.69, 9.17) is 19.4 Å². The summed E-state index contributed by atoms with van der Waals surface area (Å²) in [6.07, 6.45) is 3.95. The SMILES string of the molecule is COC(=O)NC(C(=O)N1CCC[C@H]1c1nc2ccc([C@H]3CC[C@H](c4ccc5nc([C@@H]6CCCN6C(=O)[C@@H](NC(=O)OC)C(C)C)[nH]c5c4)N3c3ccc(S(C)(=O)=O)c(F)c3)cc2[nH]1)C(C)C. The minimum atomic E-state index is -3.83. The predicted octanol–water partition coefficient (Wildman–Crippen LogP) is 7.15. The molecule has 19 heteroatoms. The first-order chi connectivity index (χ1) is 31.5. The highest BCUT2D eigenvalue weighted by molar-refractivity contribution is 7.90. The number of imidazole rings is 2. The van der Waals surface area contributed by atoms with Gasteiger partial charge in [-0.05, 0) is 104 Å². The van der Waals surface area contributed by atoms with E-state index < -0.39 is 39.9 Å². The Balaban J connectivity index is 1.10. The molecule has 8 rings (SSSR count). The van der Waals surface area contributed by atoms with Crippen molar-refractivity contribution in [3.8, 4) is 0 Å². The summed E-state index contributed by atoms with van der Waals surface area (Å²) in [6.45, 7) is 8.52. The second kappa shape index (κ2) is 18.6. The molecule has 0 saturated carbocycles. The average Bonchev–Trinajstić information content (AvgIpc) is 4.14. The third-order valence-corrected chi connectivity index (χ3v) is 14.4. The normalized spacial score (nSPS) is 21.0. The second-order valence-electron chi connectivity index (χ2n) is 18.3. The van der Waals surface area contributed by atoms with Gasteiger partial charge in [-0.15, -0.1) is 0 Å². The van der Waals surface area contributed by atoms with Gasteiger partial charge < -0.3 is 44.8 Å². The highest BCUT2D eigenvalue weighted by Gasteiger charge is 2.41. The molecule has 0 radical (unpaired) electrons. The van der Waals surface area contributed by atoms with E-state index in [0.717, 1.165) is 41.3 Å². The van der Waals surface area contributed by atoms with Gasteiger partial charge in [0.2, 0.25) is 11.8 Å². The van der Waals surface area contributed by atoms with Crippen LogP contribution < -0.4 is 15.5 Å². The molecule has 0 bridgehead atoms. The standard InChI is InChI=1S/C47H58FN9O8S/c1-25(2)40(53-46(60)64-5)44(58)55-20-8-10-37(55)42-49-31-15-12-27(22-33(31)51-42)35-17-18-36(57(35)29-14-19-39(30(48)24-29)66(7,62)63)28-13-16-32-34(23-28)52-43(50-32)38-11-9-21-56(38)45(59)41(26(3)4)54-47(61)65-6/h12-16,19,22-26,35-38,40-41H,8-11,17-18,20-21H2,1-7H3,(H,49,51)(H,50,52)(H,53,60)(H,54,61)/t35-,36-,37+,38+,40+,41?/m1/s1. The first-order valence-electron chi connectivity index (χ1n) is 22.5. The number of likely N-dealkylation sites (tertiary alicyclic amines) is 2. The molecule has 3 aliphatic rings. The molecule has 6 atom stereocenters. The maximum Gasteiger partial charge on any atom is 0.407 e. The number of carbonyl (C=O) groups is 4. The Labute approximate surface area is 383 Å². The van der Waals surface area contributed by atoms with Gasteiger partial charge in [-0.1, -0.05) is 39.8 Å². The van der Waals surface area contributed by atoms with Crippen LogP contribution in [0, 0.1) is 17.7 Å². The highest BCUT2D eigenvalue weighted by Crippen LogP contribution is 2.48. The number of benzene rings is 3. The zero-order valence-electron chi connectivity index (χ0n) is 38.3. The number of aromatic amines is 2. The Morgan fingerprint density at radius 2 is 1.14 bits per heavy atom. The summed E-state index contributed by atoms with van der Waals surface area (Å²) < 4.78 is 50.3. The molecule has 3 aliphatic heterocycles. The molecular formula is C47H58FN9O8S. The van der Waals surface area contributed by atoms with Crippen LogP contribution in [0.1, 0.15) is 113 Å². The molecular weight excluding hydrogens is 870 g/mol. The summed E-state index contributed by atoms with van der Waals surface area (Å²) in [6, 6.07) is 13.5. The van der Waals surface area contributed by atoms with E-state index in [9.17, 15) is 27.6 Å². The lowest BCUT2D eigenvalue weighted by Gasteiger charge is -2.33. The number of hydrogen-bond donors (Lipinski definition) is 4. The molecule has 3 aromatic carbocycles. The Morgan fingerprint density at radius 1 is 0.682 bits per heavy atom. The van der Waals surface area contributed by atoms with Crippen LogP contribution in [-0.4, -0.2) is 108 Å². The molecule has 0 aliphatic carbocycles. The molecule has 5 aromatic rings. The molecule has 5 heterocycles. The van der Waals surface area contributed by atoms with Crippen molar-refractivity contribution in [1.29, 1.82) is 0 Å². The van der Waals surface area contributed by atoms with Crippen molar-refractivity contribution in [3.63, 3.8) is 0 Å². The van der Waals surface area contributed by atoms with E-state index in [1.54, 1.807) is 15.9 Å². The molecule has 1 unspecified atom stereocenters. The largest absolute Gasteiger partial charge is 0.453 e. The van der Waals surface area contributed by atoms with Crippen LogP contribution in [0.5, 0.6) is 0 Å². The van der Waals surface area contributed by atoms with Crippen molar-refractivity contribution >= 4 is 61.6 Å². The van der Waals surface area contributed by atoms with Crippen molar-refractivity contribution in [2.45, 2.75) is 107 Å². The topological polar surface area (TPSA) is 212 Å². The minimum Gasteiger partial charge on any atom is -0.453 e. The number of amides is 4. The monoisotopic (exact) mass is 927 g/mol. The summed E-state index contributed by atoms with van der Waals surface area (Å²) in [4.78, 5) is 74.1. The number of aromatic nitrogens is 4. The smallest absolute Gasteiger partial charge is 0.407 e. The molecule has 3 fully saturated rings. The van der Waals surface area contributed by atoms with Gasteiger partial charge in [-0.25, -0.2) is 32.4 Å². The summed E-state index contributed by atoms with van der Waals surface area (Å²) in [7, 11) is -1.30. The van der Waals surface area contributed by atoms with Crippen LogP contribution in [-0.2, 0) is 28.9 Å². The van der Waals surface area contributed by atoms with Gasteiger partial charge in [-0.2, -0.15) is 0 Å². The van der Waals surface area contributed by atoms with Crippen LogP contribution in [0.25, 0.3) is 22.1 Å². The van der Waals surface area contributed by atoms with E-state index in [2.05, 4.69) is 25.5 Å². The van der Waals surface area contributed by atoms with Crippen LogP contribution in [0.15, 0.2) is 59.5 Å². The van der Waals surface area contributed by atoms with Crippen LogP contribution >= 0.6 is 0 Å². The molecule has 352 valence electrons. The fourth-order valence-corrected chi connectivity index (χ4v) is 10.7. The maximum absolute atomic E-state index is 15.8. The molecule has 17 nitrogen and oxygen atoms in total. The van der Waals surface area contributed by atoms with Crippen LogP contribution in [0.2, 0.25) is 0 Å². The van der Waals surface area contributed by atoms with Gasteiger partial charge >= 0.3 is 12.2 Å². The van der Waals surface area contributed by atoms with Crippen LogP contribution in [0.4, 0.5) is 19.7 Å². The number of hydrogen-bond acceptors (Lipinski definition) is 11. The predicted molar refractivity (Wildman–Crippen MR) is 245 cm³/mol. The molecule has 66 heavy (non-hydrogen) atoms. The molecule has 2 aromatic heterocycles. The van der Waals surface area contributed by atoms with E-state index >= 15 is 4.39 Å². The number of ether oxygens (including phenoxy) is 2. The summed E-state index contributed by atoms with van der Waals surface area (Å²) >= 11 is 0. The number of anilines is 1. The number of fused-ring (bicyclic) bond motifs is 2. The average molecular weight is 928 g/mol. The first kappa shape index (κ1) is 46.3. The quantitative estimate of drug-likeness (QED) is 0.0987. The number of H-pyrrole nitrogens is 2. The van der Waals surface area contributed by atoms with Crippen molar-refractivity contribution in [1.82, 2.24) is 40.4 Å². The summed E-state index contributed by atoms with van der Waals surface area (Å²) in [5.74, 6) is -0.309. The number of carbonyl (C=O) groups excluding carboxylic acids is 4. The minimum absolute atomic E-state index is 0.175. The third-order valence-electron chi connectivity index (χ3n) is 13.3. The number of methoxy groups -OCH3 is 2. The molecule has 3 saturated heterocycles.